The first-order chi connectivity index (χ1) is 6.90. The van der Waals surface area contributed by atoms with Crippen molar-refractivity contribution in [1.29, 1.82) is 0 Å². The topological polar surface area (TPSA) is 67.2 Å². The second kappa shape index (κ2) is 4.13. The second-order valence-electron chi connectivity index (χ2n) is 2.49. The van der Waals surface area contributed by atoms with Gasteiger partial charge in [0.1, 0.15) is 0 Å². The number of hydrogen-bond donors (Lipinski definition) is 1. The molecule has 5 nitrogen and oxygen atoms in total. The van der Waals surface area contributed by atoms with E-state index < -0.39 is 0 Å². The molecule has 0 bridgehead atoms. The van der Waals surface area contributed by atoms with Gasteiger partial charge in [0, 0.05) is 0 Å². The molecule has 1 aromatic carbocycles. The number of hydrogen-bond acceptors (Lipinski definition) is 4. The normalized spacial score (nSPS) is 9.71. The van der Waals surface area contributed by atoms with E-state index in [-0.39, 0.29) is 14.7 Å². The molecule has 6 heteroatoms. The van der Waals surface area contributed by atoms with Crippen LogP contribution in [0, 0.1) is 4.91 Å². The van der Waals surface area contributed by atoms with Crippen molar-refractivity contribution in [3.8, 4) is 11.4 Å². The zero-order valence-electron chi connectivity index (χ0n) is 7.04. The van der Waals surface area contributed by atoms with Gasteiger partial charge in [0.05, 0.1) is 0 Å². The van der Waals surface area contributed by atoms with E-state index >= 15 is 0 Å². The van der Waals surface area contributed by atoms with Crippen molar-refractivity contribution in [3.05, 3.63) is 35.2 Å². The Morgan fingerprint density at radius 1 is 1.29 bits per heavy atom. The summed E-state index contributed by atoms with van der Waals surface area (Å²) in [6.07, 6.45) is 0. The summed E-state index contributed by atoms with van der Waals surface area (Å²) < 4.78 is 4.77. The first kappa shape index (κ1) is 9.05. The Kier molecular flexibility index (Phi) is 2.67. The van der Waals surface area contributed by atoms with E-state index in [0.29, 0.717) is 10.5 Å². The molecule has 14 heavy (non-hydrogen) atoms. The Balaban J connectivity index is 2.29. The van der Waals surface area contributed by atoms with Crippen molar-refractivity contribution in [3.63, 3.8) is 0 Å². The summed E-state index contributed by atoms with van der Waals surface area (Å²) in [6, 6.07) is 9.62. The molecule has 0 amide bonds. The Labute approximate surface area is 86.1 Å². The molecule has 1 aromatic heterocycles. The van der Waals surface area contributed by atoms with E-state index in [1.807, 2.05) is 30.3 Å². The molecule has 0 aliphatic heterocycles. The van der Waals surface area contributed by atoms with E-state index in [1.54, 1.807) is 0 Å². The van der Waals surface area contributed by atoms with Crippen LogP contribution in [0.1, 0.15) is 0 Å². The monoisotopic (exact) mass is 254 g/mol. The number of nitrogens with zero attached hydrogens (tertiary/aromatic N) is 3. The predicted molar refractivity (Wildman–Crippen MR) is 53.8 cm³/mol. The van der Waals surface area contributed by atoms with Gasteiger partial charge in [-0.3, -0.25) is 0 Å². The number of benzene rings is 1. The van der Waals surface area contributed by atoms with Gasteiger partial charge in [-0.25, -0.2) is 0 Å². The molecule has 2 rings (SSSR count). The van der Waals surface area contributed by atoms with Crippen LogP contribution >= 0.6 is 0 Å². The molecule has 0 atom stereocenters. The average Bonchev–Trinajstić information content (AvgIpc) is 2.68. The Morgan fingerprint density at radius 2 is 2.07 bits per heavy atom. The molecular weight excluding hydrogens is 247 g/mol. The fraction of sp³-hybridized carbons (Fsp3) is 0. The quantitative estimate of drug-likeness (QED) is 0.508. The van der Waals surface area contributed by atoms with Crippen LogP contribution in [0.4, 0.5) is 4.69 Å². The molecule has 70 valence electrons. The van der Waals surface area contributed by atoms with Gasteiger partial charge in [0.15, 0.2) is 0 Å². The van der Waals surface area contributed by atoms with Gasteiger partial charge in [-0.15, -0.1) is 0 Å². The van der Waals surface area contributed by atoms with Gasteiger partial charge in [-0.2, -0.15) is 0 Å². The van der Waals surface area contributed by atoms with E-state index in [4.69, 9.17) is 0 Å². The van der Waals surface area contributed by atoms with Crippen LogP contribution in [0.5, 0.6) is 0 Å². The molecule has 0 radical (unpaired) electrons. The first-order valence-corrected chi connectivity index (χ1v) is 5.50. The summed E-state index contributed by atoms with van der Waals surface area (Å²) in [5, 5.41) is 2.56. The third-order valence-corrected chi connectivity index (χ3v) is 2.90. The zero-order valence-corrected chi connectivity index (χ0v) is 8.76. The van der Waals surface area contributed by atoms with E-state index in [2.05, 4.69) is 19.7 Å². The van der Waals surface area contributed by atoms with Crippen molar-refractivity contribution in [2.75, 3.05) is 5.43 Å². The van der Waals surface area contributed by atoms with Gasteiger partial charge in [0.25, 0.3) is 0 Å². The minimum absolute atomic E-state index is 0.154. The van der Waals surface area contributed by atoms with E-state index in [9.17, 15) is 4.91 Å². The molecule has 0 saturated carbocycles. The molecule has 0 saturated heterocycles. The Hall–Kier alpha value is -1.52. The SMILES string of the molecule is O=NNc1nc(-c2ccccc2)n[se]1. The van der Waals surface area contributed by atoms with Crippen LogP contribution in [-0.4, -0.2) is 23.7 Å². The summed E-state index contributed by atoms with van der Waals surface area (Å²) >= 11 is -0.154. The molecule has 0 unspecified atom stereocenters. The summed E-state index contributed by atoms with van der Waals surface area (Å²) in [5.74, 6) is 0.664. The van der Waals surface area contributed by atoms with Gasteiger partial charge < -0.3 is 0 Å². The molecule has 1 N–H and O–H groups in total. The fourth-order valence-electron chi connectivity index (χ4n) is 1.01. The van der Waals surface area contributed by atoms with Crippen molar-refractivity contribution in [2.24, 2.45) is 5.29 Å². The average molecular weight is 253 g/mol. The van der Waals surface area contributed by atoms with Crippen molar-refractivity contribution < 1.29 is 0 Å². The molecule has 0 fully saturated rings. The Morgan fingerprint density at radius 3 is 2.79 bits per heavy atom. The molecule has 0 spiro atoms. The fourth-order valence-corrected chi connectivity index (χ4v) is 2.11. The van der Waals surface area contributed by atoms with Crippen LogP contribution in [0.2, 0.25) is 0 Å². The minimum atomic E-state index is -0.154. The zero-order chi connectivity index (χ0) is 9.80. The van der Waals surface area contributed by atoms with Crippen molar-refractivity contribution >= 4 is 19.4 Å². The molecule has 0 aliphatic rings. The summed E-state index contributed by atoms with van der Waals surface area (Å²) in [4.78, 5) is 14.1. The second-order valence-corrected chi connectivity index (χ2v) is 4.07. The number of aromatic nitrogens is 2. The predicted octanol–water partition coefficient (Wildman–Crippen LogP) is 1.29. The van der Waals surface area contributed by atoms with Crippen molar-refractivity contribution in [1.82, 2.24) is 8.96 Å². The van der Waals surface area contributed by atoms with E-state index in [0.717, 1.165) is 5.56 Å². The number of nitroso groups, excluding NO2 is 1. The summed E-state index contributed by atoms with van der Waals surface area (Å²) in [5.41, 5.74) is 3.23. The van der Waals surface area contributed by atoms with Crippen LogP contribution < -0.4 is 5.43 Å². The molecule has 2 aromatic rings. The maximum atomic E-state index is 9.92. The number of nitrogens with one attached hydrogen (secondary N) is 1. The Bertz CT molecular complexity index is 428. The van der Waals surface area contributed by atoms with Gasteiger partial charge in [-0.1, -0.05) is 0 Å². The summed E-state index contributed by atoms with van der Waals surface area (Å²) in [7, 11) is 0. The van der Waals surface area contributed by atoms with Crippen LogP contribution in [0.15, 0.2) is 35.6 Å². The van der Waals surface area contributed by atoms with Crippen LogP contribution in [0.25, 0.3) is 11.4 Å². The first-order valence-electron chi connectivity index (χ1n) is 3.87. The third kappa shape index (κ3) is 1.86. The summed E-state index contributed by atoms with van der Waals surface area (Å²) in [6.45, 7) is 0. The molecule has 1 heterocycles. The van der Waals surface area contributed by atoms with Crippen LogP contribution in [-0.2, 0) is 0 Å². The standard InChI is InChI=1S/C8H6N4OSe/c13-12-10-8-9-7(11-14-8)6-4-2-1-3-5-6/h1-5H,(H,9,10,11,13). The molecule has 0 aliphatic carbocycles. The van der Waals surface area contributed by atoms with E-state index in [1.165, 1.54) is 0 Å². The van der Waals surface area contributed by atoms with Gasteiger partial charge >= 0.3 is 85.7 Å². The number of rotatable bonds is 3. The van der Waals surface area contributed by atoms with Crippen molar-refractivity contribution in [2.45, 2.75) is 0 Å². The van der Waals surface area contributed by atoms with Gasteiger partial charge in [0.2, 0.25) is 0 Å². The third-order valence-electron chi connectivity index (χ3n) is 1.60. The molecular formula is C8H6N4OSe. The van der Waals surface area contributed by atoms with Gasteiger partial charge in [-0.05, 0) is 0 Å². The number of anilines is 1. The van der Waals surface area contributed by atoms with Crippen LogP contribution in [0.3, 0.4) is 0 Å². The maximum absolute atomic E-state index is 9.92.